The van der Waals surface area contributed by atoms with Crippen LogP contribution in [0, 0.1) is 6.92 Å². The van der Waals surface area contributed by atoms with Gasteiger partial charge >= 0.3 is 5.91 Å². The van der Waals surface area contributed by atoms with Crippen LogP contribution in [-0.4, -0.2) is 35.9 Å². The molecule has 0 aliphatic carbocycles. The number of aryl methyl sites for hydroxylation is 1. The van der Waals surface area contributed by atoms with E-state index in [0.717, 1.165) is 16.7 Å². The van der Waals surface area contributed by atoms with Crippen molar-refractivity contribution in [2.24, 2.45) is 0 Å². The van der Waals surface area contributed by atoms with Crippen LogP contribution in [0.25, 0.3) is 0 Å². The van der Waals surface area contributed by atoms with Crippen LogP contribution in [0.5, 0.6) is 5.75 Å². The highest BCUT2D eigenvalue weighted by atomic mass is 35.5. The summed E-state index contributed by atoms with van der Waals surface area (Å²) in [5.74, 6) is 0.0656. The van der Waals surface area contributed by atoms with Gasteiger partial charge in [-0.1, -0.05) is 29.3 Å². The molecule has 2 atom stereocenters. The molecule has 1 saturated heterocycles. The van der Waals surface area contributed by atoms with E-state index >= 15 is 0 Å². The lowest BCUT2D eigenvalue weighted by Gasteiger charge is -2.15. The molecular weight excluding hydrogens is 426 g/mol. The zero-order valence-corrected chi connectivity index (χ0v) is 18.5. The third kappa shape index (κ3) is 4.65. The number of rotatable bonds is 5. The number of nitrogens with zero attached hydrogens (tertiary/aromatic N) is 1. The van der Waals surface area contributed by atoms with Crippen LogP contribution >= 0.6 is 11.6 Å². The summed E-state index contributed by atoms with van der Waals surface area (Å²) in [6, 6.07) is 20.7. The first kappa shape index (κ1) is 21.6. The molecule has 0 radical (unpaired) electrons. The van der Waals surface area contributed by atoms with Crippen molar-refractivity contribution in [1.82, 2.24) is 10.7 Å². The maximum absolute atomic E-state index is 12.9. The summed E-state index contributed by atoms with van der Waals surface area (Å²) in [6.07, 6.45) is 1.86. The minimum absolute atomic E-state index is 0.295. The van der Waals surface area contributed by atoms with Crippen molar-refractivity contribution in [2.75, 3.05) is 7.11 Å². The summed E-state index contributed by atoms with van der Waals surface area (Å²) < 4.78 is 7.00. The minimum Gasteiger partial charge on any atom is -0.497 e. The van der Waals surface area contributed by atoms with Gasteiger partial charge in [-0.3, -0.25) is 9.59 Å². The molecule has 1 aliphatic rings. The van der Waals surface area contributed by atoms with Gasteiger partial charge in [-0.05, 0) is 67.6 Å². The zero-order chi connectivity index (χ0) is 22.7. The van der Waals surface area contributed by atoms with E-state index < -0.39 is 12.1 Å². The molecule has 2 N–H and O–H groups in total. The van der Waals surface area contributed by atoms with Crippen LogP contribution in [0.4, 0.5) is 0 Å². The Hall–Kier alpha value is -3.64. The summed E-state index contributed by atoms with van der Waals surface area (Å²) >= 11 is 5.93. The van der Waals surface area contributed by atoms with Gasteiger partial charge in [0, 0.05) is 21.7 Å². The van der Waals surface area contributed by atoms with Crippen LogP contribution in [0.15, 0.2) is 72.8 Å². The molecule has 3 aromatic rings. The van der Waals surface area contributed by atoms with Gasteiger partial charge in [0.1, 0.15) is 5.75 Å². The molecule has 1 aliphatic heterocycles. The van der Waals surface area contributed by atoms with Gasteiger partial charge in [0.05, 0.1) is 7.11 Å². The summed E-state index contributed by atoms with van der Waals surface area (Å²) in [4.78, 5) is 25.8. The zero-order valence-electron chi connectivity index (χ0n) is 17.7. The Bertz CT molecular complexity index is 1160. The van der Waals surface area contributed by atoms with Gasteiger partial charge in [0.15, 0.2) is 6.04 Å². The van der Waals surface area contributed by atoms with Crippen LogP contribution in [0.2, 0.25) is 5.02 Å². The maximum Gasteiger partial charge on any atom is 0.304 e. The lowest BCUT2D eigenvalue weighted by atomic mass is 9.99. The van der Waals surface area contributed by atoms with Gasteiger partial charge < -0.3 is 10.1 Å². The Labute approximate surface area is 191 Å². The molecule has 7 heteroatoms. The van der Waals surface area contributed by atoms with Crippen LogP contribution in [-0.2, 0) is 4.79 Å². The summed E-state index contributed by atoms with van der Waals surface area (Å²) in [5, 5.41) is 3.42. The summed E-state index contributed by atoms with van der Waals surface area (Å²) in [6.45, 7) is 2.02. The Morgan fingerprint density at radius 2 is 1.69 bits per heavy atom. The fourth-order valence-electron chi connectivity index (χ4n) is 3.62. The van der Waals surface area contributed by atoms with Gasteiger partial charge in [-0.25, -0.2) is 0 Å². The Morgan fingerprint density at radius 3 is 2.31 bits per heavy atom. The largest absolute Gasteiger partial charge is 0.497 e. The number of hydrogen-bond acceptors (Lipinski definition) is 3. The normalized spacial score (nSPS) is 19.0. The second-order valence-electron chi connectivity index (χ2n) is 7.60. The molecule has 1 heterocycles. The molecule has 4 rings (SSSR count). The maximum atomic E-state index is 12.9. The number of nitrogens with one attached hydrogen (secondary N) is 2. The average molecular weight is 449 g/mol. The monoisotopic (exact) mass is 448 g/mol. The van der Waals surface area contributed by atoms with E-state index in [1.165, 1.54) is 0 Å². The molecule has 2 amide bonds. The first-order chi connectivity index (χ1) is 15.4. The molecule has 0 aromatic heterocycles. The fraction of sp³-hybridized carbons (Fsp3) is 0.160. The van der Waals surface area contributed by atoms with Crippen molar-refractivity contribution in [2.45, 2.75) is 19.0 Å². The number of carbonyl (C=O) groups excluding carboxylic acids is 2. The van der Waals surface area contributed by atoms with E-state index in [1.54, 1.807) is 36.1 Å². The van der Waals surface area contributed by atoms with Crippen molar-refractivity contribution in [3.63, 3.8) is 0 Å². The predicted molar refractivity (Wildman–Crippen MR) is 123 cm³/mol. The molecule has 0 saturated carbocycles. The second kappa shape index (κ2) is 9.24. The lowest BCUT2D eigenvalue weighted by molar-refractivity contribution is -0.596. The molecule has 0 unspecified atom stereocenters. The quantitative estimate of drug-likeness (QED) is 0.585. The van der Waals surface area contributed by atoms with E-state index in [1.807, 2.05) is 61.7 Å². The van der Waals surface area contributed by atoms with Gasteiger partial charge in [0.25, 0.3) is 5.91 Å². The van der Waals surface area contributed by atoms with E-state index in [4.69, 9.17) is 16.3 Å². The molecule has 3 aromatic carbocycles. The lowest BCUT2D eigenvalue weighted by Crippen LogP contribution is -2.42. The first-order valence-electron chi connectivity index (χ1n) is 10.2. The van der Waals surface area contributed by atoms with Gasteiger partial charge in [-0.15, -0.1) is 10.1 Å². The van der Waals surface area contributed by atoms with Crippen molar-refractivity contribution < 1.29 is 19.0 Å². The summed E-state index contributed by atoms with van der Waals surface area (Å²) in [5.41, 5.74) is 6.24. The standard InChI is InChI=1S/C25H22ClN3O3/c1-16-3-5-17(6-4-16)15-29-23(18-9-13-21(32-2)14-10-18)22(25(31)28-29)27-24(30)19-7-11-20(26)12-8-19/h3-15,22-23H,1-2H3,(H-,27,28,30,31)/p+1/b29-15-/t22-,23+/m1/s1. The van der Waals surface area contributed by atoms with Gasteiger partial charge in [0.2, 0.25) is 12.3 Å². The molecule has 0 spiro atoms. The topological polar surface area (TPSA) is 70.4 Å². The first-order valence-corrected chi connectivity index (χ1v) is 10.5. The molecule has 6 nitrogen and oxygen atoms in total. The highest BCUT2D eigenvalue weighted by Gasteiger charge is 2.47. The number of methoxy groups -OCH3 is 1. The molecule has 162 valence electrons. The molecule has 32 heavy (non-hydrogen) atoms. The third-order valence-electron chi connectivity index (χ3n) is 5.35. The molecular formula is C25H23ClN3O3+. The van der Waals surface area contributed by atoms with Crippen molar-refractivity contribution >= 4 is 29.6 Å². The summed E-state index contributed by atoms with van der Waals surface area (Å²) in [7, 11) is 1.60. The number of hydrazine groups is 1. The fourth-order valence-corrected chi connectivity index (χ4v) is 3.75. The number of hydrogen-bond donors (Lipinski definition) is 2. The Balaban J connectivity index is 1.69. The van der Waals surface area contributed by atoms with Crippen molar-refractivity contribution in [1.29, 1.82) is 0 Å². The van der Waals surface area contributed by atoms with Crippen molar-refractivity contribution in [3.05, 3.63) is 100 Å². The molecule has 0 bridgehead atoms. The van der Waals surface area contributed by atoms with E-state index in [0.29, 0.717) is 16.3 Å². The van der Waals surface area contributed by atoms with Crippen LogP contribution in [0.1, 0.15) is 33.1 Å². The van der Waals surface area contributed by atoms with Crippen LogP contribution in [0.3, 0.4) is 0 Å². The smallest absolute Gasteiger partial charge is 0.304 e. The minimum atomic E-state index is -0.798. The van der Waals surface area contributed by atoms with Crippen LogP contribution < -0.4 is 15.5 Å². The number of benzene rings is 3. The number of hydrazone groups is 1. The molecule has 1 fully saturated rings. The highest BCUT2D eigenvalue weighted by molar-refractivity contribution is 6.30. The second-order valence-corrected chi connectivity index (χ2v) is 8.04. The Kier molecular flexibility index (Phi) is 6.23. The number of ether oxygens (including phenoxy) is 1. The highest BCUT2D eigenvalue weighted by Crippen LogP contribution is 2.27. The number of carbonyl (C=O) groups is 2. The van der Waals surface area contributed by atoms with Crippen molar-refractivity contribution in [3.8, 4) is 5.75 Å². The predicted octanol–water partition coefficient (Wildman–Crippen LogP) is 3.67. The number of amides is 2. The van der Waals surface area contributed by atoms with Gasteiger partial charge in [-0.2, -0.15) is 0 Å². The van der Waals surface area contributed by atoms with E-state index in [9.17, 15) is 9.59 Å². The van der Waals surface area contributed by atoms with E-state index in [-0.39, 0.29) is 11.8 Å². The SMILES string of the molecule is COc1ccc([C@H]2[C@@H](NC(=O)c3ccc(Cl)cc3)C(=O)N/[N+]2=C\c2ccc(C)cc2)cc1. The number of halogens is 1. The Morgan fingerprint density at radius 1 is 1.03 bits per heavy atom. The van der Waals surface area contributed by atoms with E-state index in [2.05, 4.69) is 10.7 Å². The average Bonchev–Trinajstić information content (AvgIpc) is 3.10. The third-order valence-corrected chi connectivity index (χ3v) is 5.61.